The summed E-state index contributed by atoms with van der Waals surface area (Å²) in [5.41, 5.74) is 4.74. The van der Waals surface area contributed by atoms with E-state index >= 15 is 0 Å². The van der Waals surface area contributed by atoms with Crippen molar-refractivity contribution in [1.29, 1.82) is 0 Å². The van der Waals surface area contributed by atoms with Crippen molar-refractivity contribution >= 4 is 18.0 Å². The number of carboxylic acids is 1. The third-order valence-electron chi connectivity index (χ3n) is 8.62. The van der Waals surface area contributed by atoms with Gasteiger partial charge in [-0.25, -0.2) is 4.79 Å². The van der Waals surface area contributed by atoms with Gasteiger partial charge in [-0.1, -0.05) is 55.0 Å². The van der Waals surface area contributed by atoms with Crippen LogP contribution in [0, 0.1) is 29.6 Å². The predicted molar refractivity (Wildman–Crippen MR) is 129 cm³/mol. The number of nitrogens with one attached hydrogen (secondary N) is 1. The first-order valence-electron chi connectivity index (χ1n) is 12.6. The number of fused-ring (bicyclic) bond motifs is 4. The molecule has 1 aliphatic heterocycles. The van der Waals surface area contributed by atoms with Crippen LogP contribution in [-0.4, -0.2) is 54.2 Å². The lowest BCUT2D eigenvalue weighted by Gasteiger charge is -2.26. The molecular weight excluding hydrogens is 444 g/mol. The second-order valence-electron chi connectivity index (χ2n) is 10.4. The molecule has 2 saturated carbocycles. The number of piperidine rings is 1. The van der Waals surface area contributed by atoms with Crippen molar-refractivity contribution in [3.63, 3.8) is 0 Å². The average molecular weight is 475 g/mol. The number of nitrogens with zero attached hydrogens (tertiary/aromatic N) is 1. The van der Waals surface area contributed by atoms with E-state index in [0.29, 0.717) is 19.6 Å². The van der Waals surface area contributed by atoms with E-state index in [2.05, 4.69) is 29.6 Å². The monoisotopic (exact) mass is 474 g/mol. The molecule has 182 valence electrons. The smallest absolute Gasteiger partial charge is 0.407 e. The molecule has 35 heavy (non-hydrogen) atoms. The van der Waals surface area contributed by atoms with Gasteiger partial charge in [-0.05, 0) is 52.8 Å². The zero-order chi connectivity index (χ0) is 24.1. The summed E-state index contributed by atoms with van der Waals surface area (Å²) in [4.78, 5) is 38.8. The number of carboxylic acid groups (broad SMARTS) is 1. The number of carbonyl (C=O) groups is 3. The number of rotatable bonds is 6. The molecule has 5 atom stereocenters. The Morgan fingerprint density at radius 3 is 2.20 bits per heavy atom. The van der Waals surface area contributed by atoms with Gasteiger partial charge in [-0.3, -0.25) is 9.59 Å². The fraction of sp³-hybridized carbons (Fsp3) is 0.464. The molecule has 0 radical (unpaired) electrons. The zero-order valence-corrected chi connectivity index (χ0v) is 19.6. The van der Waals surface area contributed by atoms with Gasteiger partial charge in [-0.15, -0.1) is 0 Å². The summed E-state index contributed by atoms with van der Waals surface area (Å²) in [6, 6.07) is 16.5. The maximum absolute atomic E-state index is 13.1. The SMILES string of the molecule is O=C(NC[C@@H]1CCC[C@@H]1C(=O)N1C[C@@H]2C(C(=O)O)[C@@H]2C1)OCC1c2ccccc2-c2ccccc21. The Bertz CT molecular complexity index is 1120. The van der Waals surface area contributed by atoms with Crippen molar-refractivity contribution in [3.8, 4) is 11.1 Å². The van der Waals surface area contributed by atoms with Gasteiger partial charge in [0.25, 0.3) is 0 Å². The molecule has 7 nitrogen and oxygen atoms in total. The van der Waals surface area contributed by atoms with Crippen molar-refractivity contribution in [3.05, 3.63) is 59.7 Å². The molecule has 3 aliphatic carbocycles. The maximum Gasteiger partial charge on any atom is 0.407 e. The van der Waals surface area contributed by atoms with E-state index in [1.165, 1.54) is 22.3 Å². The van der Waals surface area contributed by atoms with E-state index in [9.17, 15) is 19.5 Å². The van der Waals surface area contributed by atoms with Gasteiger partial charge in [-0.2, -0.15) is 0 Å². The first-order valence-corrected chi connectivity index (χ1v) is 12.6. The Balaban J connectivity index is 1.02. The number of likely N-dealkylation sites (tertiary alicyclic amines) is 1. The molecule has 7 heteroatoms. The Morgan fingerprint density at radius 1 is 0.943 bits per heavy atom. The van der Waals surface area contributed by atoms with Crippen molar-refractivity contribution in [2.24, 2.45) is 29.6 Å². The van der Waals surface area contributed by atoms with E-state index in [1.807, 2.05) is 29.2 Å². The highest BCUT2D eigenvalue weighted by molar-refractivity contribution is 5.82. The summed E-state index contributed by atoms with van der Waals surface area (Å²) < 4.78 is 5.65. The number of ether oxygens (including phenoxy) is 1. The average Bonchev–Trinajstić information content (AvgIpc) is 3.22. The van der Waals surface area contributed by atoms with Crippen LogP contribution < -0.4 is 5.32 Å². The second kappa shape index (κ2) is 8.70. The van der Waals surface area contributed by atoms with Crippen LogP contribution in [0.1, 0.15) is 36.3 Å². The molecule has 6 rings (SSSR count). The summed E-state index contributed by atoms with van der Waals surface area (Å²) in [5, 5.41) is 12.1. The summed E-state index contributed by atoms with van der Waals surface area (Å²) >= 11 is 0. The van der Waals surface area contributed by atoms with E-state index in [4.69, 9.17) is 4.74 Å². The van der Waals surface area contributed by atoms with E-state index in [0.717, 1.165) is 19.3 Å². The number of hydrogen-bond acceptors (Lipinski definition) is 4. The molecule has 1 heterocycles. The predicted octanol–water partition coefficient (Wildman–Crippen LogP) is 3.73. The Labute approximate surface area is 204 Å². The number of hydrogen-bond donors (Lipinski definition) is 2. The zero-order valence-electron chi connectivity index (χ0n) is 19.6. The maximum atomic E-state index is 13.1. The third-order valence-corrected chi connectivity index (χ3v) is 8.62. The molecule has 1 saturated heterocycles. The fourth-order valence-electron chi connectivity index (χ4n) is 6.78. The molecule has 1 unspecified atom stereocenters. The van der Waals surface area contributed by atoms with Crippen molar-refractivity contribution in [2.45, 2.75) is 25.2 Å². The van der Waals surface area contributed by atoms with Gasteiger partial charge < -0.3 is 20.1 Å². The Morgan fingerprint density at radius 2 is 1.57 bits per heavy atom. The van der Waals surface area contributed by atoms with Crippen LogP contribution in [0.25, 0.3) is 11.1 Å². The summed E-state index contributed by atoms with van der Waals surface area (Å²) in [6.07, 6.45) is 2.24. The van der Waals surface area contributed by atoms with E-state index in [1.54, 1.807) is 0 Å². The second-order valence-corrected chi connectivity index (χ2v) is 10.4. The minimum atomic E-state index is -0.738. The van der Waals surface area contributed by atoms with E-state index in [-0.39, 0.29) is 48.0 Å². The number of aliphatic carboxylic acids is 1. The summed E-state index contributed by atoms with van der Waals surface area (Å²) in [6.45, 7) is 1.81. The molecule has 0 aromatic heterocycles. The molecule has 0 bridgehead atoms. The van der Waals surface area contributed by atoms with Crippen LogP contribution in [-0.2, 0) is 14.3 Å². The van der Waals surface area contributed by atoms with Crippen molar-refractivity contribution in [2.75, 3.05) is 26.2 Å². The molecular formula is C28H30N2O5. The number of carbonyl (C=O) groups excluding carboxylic acids is 2. The molecule has 2 aromatic carbocycles. The molecule has 3 fully saturated rings. The number of benzene rings is 2. The molecule has 4 aliphatic rings. The molecule has 2 amide bonds. The van der Waals surface area contributed by atoms with Crippen LogP contribution in [0.3, 0.4) is 0 Å². The minimum absolute atomic E-state index is 0.0187. The van der Waals surface area contributed by atoms with Gasteiger partial charge in [0, 0.05) is 31.5 Å². The molecule has 2 aromatic rings. The lowest BCUT2D eigenvalue weighted by Crippen LogP contribution is -2.41. The van der Waals surface area contributed by atoms with Gasteiger partial charge in [0.2, 0.25) is 5.91 Å². The highest BCUT2D eigenvalue weighted by Gasteiger charge is 2.61. The van der Waals surface area contributed by atoms with Crippen LogP contribution in [0.5, 0.6) is 0 Å². The Hall–Kier alpha value is -3.35. The molecule has 2 N–H and O–H groups in total. The highest BCUT2D eigenvalue weighted by atomic mass is 16.5. The van der Waals surface area contributed by atoms with Crippen LogP contribution in [0.4, 0.5) is 4.79 Å². The van der Waals surface area contributed by atoms with Crippen LogP contribution in [0.15, 0.2) is 48.5 Å². The summed E-state index contributed by atoms with van der Waals surface area (Å²) in [5.74, 6) is -0.638. The third kappa shape index (κ3) is 3.87. The quantitative estimate of drug-likeness (QED) is 0.665. The van der Waals surface area contributed by atoms with Crippen LogP contribution >= 0.6 is 0 Å². The normalized spacial score (nSPS) is 28.2. The molecule has 0 spiro atoms. The topological polar surface area (TPSA) is 95.9 Å². The largest absolute Gasteiger partial charge is 0.481 e. The standard InChI is InChI=1S/C28H30N2O5/c31-26(30-13-22-23(14-30)25(22)27(32)33)17-11-5-6-16(17)12-29-28(34)35-15-24-20-9-3-1-7-18(20)19-8-2-4-10-21(19)24/h1-4,7-10,16-17,22-25H,5-6,11-15H2,(H,29,34)(H,32,33)/t16-,17-,22-,23+,25?/m0/s1. The van der Waals surface area contributed by atoms with Gasteiger partial charge in [0.05, 0.1) is 5.92 Å². The number of amides is 2. The number of alkyl carbamates (subject to hydrolysis) is 1. The van der Waals surface area contributed by atoms with Gasteiger partial charge in [0.1, 0.15) is 6.61 Å². The summed E-state index contributed by atoms with van der Waals surface area (Å²) in [7, 11) is 0. The van der Waals surface area contributed by atoms with E-state index < -0.39 is 12.1 Å². The highest BCUT2D eigenvalue weighted by Crippen LogP contribution is 2.52. The first kappa shape index (κ1) is 22.1. The van der Waals surface area contributed by atoms with Gasteiger partial charge in [0.15, 0.2) is 0 Å². The Kier molecular flexibility index (Phi) is 5.50. The van der Waals surface area contributed by atoms with Gasteiger partial charge >= 0.3 is 12.1 Å². The lowest BCUT2D eigenvalue weighted by molar-refractivity contribution is -0.142. The first-order chi connectivity index (χ1) is 17.0. The van der Waals surface area contributed by atoms with Crippen molar-refractivity contribution in [1.82, 2.24) is 10.2 Å². The lowest BCUT2D eigenvalue weighted by atomic mass is 9.94. The fourth-order valence-corrected chi connectivity index (χ4v) is 6.78. The van der Waals surface area contributed by atoms with Crippen molar-refractivity contribution < 1.29 is 24.2 Å². The minimum Gasteiger partial charge on any atom is -0.481 e. The van der Waals surface area contributed by atoms with Crippen LogP contribution in [0.2, 0.25) is 0 Å².